The van der Waals surface area contributed by atoms with Crippen molar-refractivity contribution in [2.45, 2.75) is 4.90 Å². The second-order valence-corrected chi connectivity index (χ2v) is 8.25. The smallest absolute Gasteiger partial charge is 0.248 e. The number of nitrogens with zero attached hydrogens (tertiary/aromatic N) is 1. The Bertz CT molecular complexity index is 1030. The van der Waals surface area contributed by atoms with Gasteiger partial charge in [0.15, 0.2) is 0 Å². The Labute approximate surface area is 169 Å². The second-order valence-electron chi connectivity index (χ2n) is 6.31. The zero-order chi connectivity index (χ0) is 20.9. The van der Waals surface area contributed by atoms with Crippen LogP contribution in [0.4, 0.5) is 5.69 Å². The average molecular weight is 415 g/mol. The van der Waals surface area contributed by atoms with Gasteiger partial charge in [-0.05, 0) is 42.0 Å². The summed E-state index contributed by atoms with van der Waals surface area (Å²) in [6.45, 7) is 0.253. The van der Waals surface area contributed by atoms with E-state index in [0.29, 0.717) is 5.69 Å². The maximum absolute atomic E-state index is 12.7. The van der Waals surface area contributed by atoms with Gasteiger partial charge >= 0.3 is 0 Å². The van der Waals surface area contributed by atoms with Crippen LogP contribution in [0.25, 0.3) is 6.08 Å². The summed E-state index contributed by atoms with van der Waals surface area (Å²) in [4.78, 5) is 23.7. The third kappa shape index (κ3) is 5.21. The van der Waals surface area contributed by atoms with Gasteiger partial charge in [-0.15, -0.1) is 0 Å². The molecule has 0 bridgehead atoms. The number of carbonyl (C=O) groups excluding carboxylic acids is 2. The van der Waals surface area contributed by atoms with E-state index in [1.54, 1.807) is 37.5 Å². The molecule has 1 saturated heterocycles. The molecule has 0 aromatic heterocycles. The first kappa shape index (κ1) is 20.6. The molecule has 0 aliphatic carbocycles. The first-order valence-electron chi connectivity index (χ1n) is 8.88. The van der Waals surface area contributed by atoms with Gasteiger partial charge in [0.05, 0.1) is 18.6 Å². The summed E-state index contributed by atoms with van der Waals surface area (Å²) in [5, 5.41) is 5.24. The molecule has 0 spiro atoms. The first-order chi connectivity index (χ1) is 13.9. The van der Waals surface area contributed by atoms with E-state index in [4.69, 9.17) is 4.74 Å². The number of sulfonamides is 1. The molecule has 2 aromatic carbocycles. The molecule has 0 radical (unpaired) electrons. The fourth-order valence-corrected chi connectivity index (χ4v) is 4.22. The van der Waals surface area contributed by atoms with Crippen molar-refractivity contribution in [1.29, 1.82) is 0 Å². The highest BCUT2D eigenvalue weighted by molar-refractivity contribution is 7.89. The number of ether oxygens (including phenoxy) is 1. The minimum atomic E-state index is -3.82. The minimum absolute atomic E-state index is 0.0177. The Morgan fingerprint density at radius 2 is 1.97 bits per heavy atom. The minimum Gasteiger partial charge on any atom is -0.497 e. The monoisotopic (exact) mass is 415 g/mol. The fraction of sp³-hybridized carbons (Fsp3) is 0.200. The van der Waals surface area contributed by atoms with Crippen molar-refractivity contribution < 1.29 is 22.7 Å². The molecular weight excluding hydrogens is 394 g/mol. The van der Waals surface area contributed by atoms with Gasteiger partial charge < -0.3 is 15.4 Å². The van der Waals surface area contributed by atoms with Crippen molar-refractivity contribution in [3.63, 3.8) is 0 Å². The van der Waals surface area contributed by atoms with Crippen LogP contribution in [0.5, 0.6) is 5.75 Å². The molecule has 1 aliphatic heterocycles. The lowest BCUT2D eigenvalue weighted by molar-refractivity contribution is -0.122. The van der Waals surface area contributed by atoms with Crippen LogP contribution in [-0.4, -0.2) is 51.3 Å². The topological polar surface area (TPSA) is 105 Å². The number of carbonyl (C=O) groups is 2. The number of hydrogen-bond acceptors (Lipinski definition) is 5. The lowest BCUT2D eigenvalue weighted by Gasteiger charge is -2.26. The second kappa shape index (κ2) is 8.89. The van der Waals surface area contributed by atoms with E-state index in [9.17, 15) is 18.0 Å². The van der Waals surface area contributed by atoms with Crippen LogP contribution in [-0.2, 0) is 19.6 Å². The van der Waals surface area contributed by atoms with E-state index in [2.05, 4.69) is 10.6 Å². The van der Waals surface area contributed by atoms with Crippen LogP contribution in [0.3, 0.4) is 0 Å². The summed E-state index contributed by atoms with van der Waals surface area (Å²) in [5.74, 6) is -0.0171. The van der Waals surface area contributed by atoms with Gasteiger partial charge in [-0.1, -0.05) is 18.2 Å². The number of benzene rings is 2. The van der Waals surface area contributed by atoms with E-state index >= 15 is 0 Å². The molecule has 152 valence electrons. The lowest BCUT2D eigenvalue weighted by atomic mass is 10.2. The quantitative estimate of drug-likeness (QED) is 0.695. The number of amides is 2. The van der Waals surface area contributed by atoms with Gasteiger partial charge in [0.1, 0.15) is 5.75 Å². The number of methoxy groups -OCH3 is 1. The Balaban J connectivity index is 1.69. The van der Waals surface area contributed by atoms with Crippen LogP contribution in [0.2, 0.25) is 0 Å². The van der Waals surface area contributed by atoms with Crippen LogP contribution < -0.4 is 15.4 Å². The van der Waals surface area contributed by atoms with Gasteiger partial charge in [-0.3, -0.25) is 9.59 Å². The third-order valence-corrected chi connectivity index (χ3v) is 6.13. The highest BCUT2D eigenvalue weighted by Crippen LogP contribution is 2.20. The normalized spacial score (nSPS) is 15.1. The van der Waals surface area contributed by atoms with Gasteiger partial charge in [0.25, 0.3) is 0 Å². The molecule has 1 heterocycles. The van der Waals surface area contributed by atoms with Crippen molar-refractivity contribution in [2.24, 2.45) is 0 Å². The van der Waals surface area contributed by atoms with E-state index in [1.165, 1.54) is 18.2 Å². The summed E-state index contributed by atoms with van der Waals surface area (Å²) in [7, 11) is -2.25. The molecule has 3 rings (SSSR count). The number of nitrogens with one attached hydrogen (secondary N) is 2. The Morgan fingerprint density at radius 1 is 1.21 bits per heavy atom. The SMILES string of the molecule is COc1ccc(/C=C/C(=O)Nc2cccc(S(=O)(=O)N3CCNC(=O)C3)c2)cc1. The van der Waals surface area contributed by atoms with Gasteiger partial charge in [-0.2, -0.15) is 4.31 Å². The van der Waals surface area contributed by atoms with Gasteiger partial charge in [0.2, 0.25) is 21.8 Å². The highest BCUT2D eigenvalue weighted by atomic mass is 32.2. The van der Waals surface area contributed by atoms with E-state index in [-0.39, 0.29) is 30.4 Å². The van der Waals surface area contributed by atoms with Crippen LogP contribution in [0.1, 0.15) is 5.56 Å². The number of piperazine rings is 1. The molecule has 1 aliphatic rings. The molecule has 8 nitrogen and oxygen atoms in total. The summed E-state index contributed by atoms with van der Waals surface area (Å²) in [5.41, 5.74) is 1.16. The van der Waals surface area contributed by atoms with E-state index in [0.717, 1.165) is 15.6 Å². The molecule has 0 atom stereocenters. The first-order valence-corrected chi connectivity index (χ1v) is 10.3. The largest absolute Gasteiger partial charge is 0.497 e. The Kier molecular flexibility index (Phi) is 6.30. The zero-order valence-electron chi connectivity index (χ0n) is 15.8. The van der Waals surface area contributed by atoms with E-state index in [1.807, 2.05) is 12.1 Å². The van der Waals surface area contributed by atoms with Crippen LogP contribution in [0.15, 0.2) is 59.5 Å². The molecule has 2 amide bonds. The number of hydrogen-bond donors (Lipinski definition) is 2. The van der Waals surface area contributed by atoms with Crippen molar-refractivity contribution in [1.82, 2.24) is 9.62 Å². The molecule has 9 heteroatoms. The van der Waals surface area contributed by atoms with Gasteiger partial charge in [0, 0.05) is 24.9 Å². The van der Waals surface area contributed by atoms with E-state index < -0.39 is 15.9 Å². The number of anilines is 1. The number of rotatable bonds is 6. The molecule has 1 fully saturated rings. The molecular formula is C20H21N3O5S. The Morgan fingerprint density at radius 3 is 2.66 bits per heavy atom. The standard InChI is InChI=1S/C20H21N3O5S/c1-28-17-8-5-15(6-9-17)7-10-19(24)22-16-3-2-4-18(13-16)29(26,27)23-12-11-21-20(25)14-23/h2-10,13H,11-12,14H2,1H3,(H,21,25)(H,22,24)/b10-7+. The fourth-order valence-electron chi connectivity index (χ4n) is 2.77. The van der Waals surface area contributed by atoms with Crippen molar-refractivity contribution in [2.75, 3.05) is 32.1 Å². The molecule has 2 aromatic rings. The third-order valence-electron chi connectivity index (χ3n) is 4.29. The zero-order valence-corrected chi connectivity index (χ0v) is 16.6. The molecule has 29 heavy (non-hydrogen) atoms. The van der Waals surface area contributed by atoms with Crippen LogP contribution in [0, 0.1) is 0 Å². The maximum atomic E-state index is 12.7. The maximum Gasteiger partial charge on any atom is 0.248 e. The average Bonchev–Trinajstić information content (AvgIpc) is 2.73. The van der Waals surface area contributed by atoms with Crippen molar-refractivity contribution in [3.05, 3.63) is 60.2 Å². The van der Waals surface area contributed by atoms with Crippen molar-refractivity contribution >= 4 is 33.6 Å². The predicted octanol–water partition coefficient (Wildman–Crippen LogP) is 1.47. The highest BCUT2D eigenvalue weighted by Gasteiger charge is 2.29. The van der Waals surface area contributed by atoms with Gasteiger partial charge in [-0.25, -0.2) is 8.42 Å². The summed E-state index contributed by atoms with van der Waals surface area (Å²) in [6.07, 6.45) is 3.00. The molecule has 2 N–H and O–H groups in total. The Hall–Kier alpha value is -3.17. The van der Waals surface area contributed by atoms with Crippen LogP contribution >= 0.6 is 0 Å². The lowest BCUT2D eigenvalue weighted by Crippen LogP contribution is -2.49. The summed E-state index contributed by atoms with van der Waals surface area (Å²) in [6, 6.07) is 13.1. The molecule has 0 saturated carbocycles. The summed E-state index contributed by atoms with van der Waals surface area (Å²) >= 11 is 0. The predicted molar refractivity (Wildman–Crippen MR) is 109 cm³/mol. The summed E-state index contributed by atoms with van der Waals surface area (Å²) < 4.78 is 31.7. The van der Waals surface area contributed by atoms with Crippen molar-refractivity contribution in [3.8, 4) is 5.75 Å². The molecule has 0 unspecified atom stereocenters.